The van der Waals surface area contributed by atoms with Crippen LogP contribution in [0, 0.1) is 13.8 Å². The average molecular weight is 267 g/mol. The minimum atomic E-state index is -4.27. The molecular weight excluding hydrogens is 251 g/mol. The van der Waals surface area contributed by atoms with E-state index in [2.05, 4.69) is 10.1 Å². The van der Waals surface area contributed by atoms with E-state index in [0.29, 0.717) is 0 Å². The maximum absolute atomic E-state index is 12.0. The molecule has 1 aromatic rings. The highest BCUT2D eigenvalue weighted by molar-refractivity contribution is 7.12. The van der Waals surface area contributed by atoms with Crippen molar-refractivity contribution in [3.8, 4) is 0 Å². The molecule has 0 fully saturated rings. The predicted octanol–water partition coefficient (Wildman–Crippen LogP) is 3.20. The molecule has 0 bridgehead atoms. The number of aryl methyl sites for hydroxylation is 2. The van der Waals surface area contributed by atoms with Gasteiger partial charge in [-0.15, -0.1) is 11.3 Å². The second-order valence-electron chi connectivity index (χ2n) is 3.88. The van der Waals surface area contributed by atoms with Crippen LogP contribution in [0.2, 0.25) is 0 Å². The van der Waals surface area contributed by atoms with E-state index >= 15 is 0 Å². The van der Waals surface area contributed by atoms with Crippen LogP contribution in [-0.4, -0.2) is 26.4 Å². The second kappa shape index (κ2) is 5.84. The fourth-order valence-corrected chi connectivity index (χ4v) is 2.72. The van der Waals surface area contributed by atoms with Crippen molar-refractivity contribution >= 4 is 11.3 Å². The zero-order chi connectivity index (χ0) is 13.1. The highest BCUT2D eigenvalue weighted by Gasteiger charge is 2.28. The molecule has 98 valence electrons. The molecule has 1 heterocycles. The first-order valence-corrected chi connectivity index (χ1v) is 6.04. The number of rotatable bonds is 5. The molecule has 0 spiro atoms. The van der Waals surface area contributed by atoms with Gasteiger partial charge in [0.15, 0.2) is 0 Å². The van der Waals surface area contributed by atoms with Crippen LogP contribution >= 0.6 is 11.3 Å². The number of alkyl halides is 3. The molecule has 0 saturated heterocycles. The number of likely N-dealkylation sites (N-methyl/N-ethyl adjacent to an activating group) is 1. The number of hydrogen-bond acceptors (Lipinski definition) is 3. The Morgan fingerprint density at radius 2 is 2.06 bits per heavy atom. The van der Waals surface area contributed by atoms with E-state index in [-0.39, 0.29) is 12.6 Å². The van der Waals surface area contributed by atoms with Crippen molar-refractivity contribution in [3.05, 3.63) is 21.4 Å². The summed E-state index contributed by atoms with van der Waals surface area (Å²) in [5.74, 6) is 0. The van der Waals surface area contributed by atoms with Gasteiger partial charge in [0.2, 0.25) is 0 Å². The van der Waals surface area contributed by atoms with Gasteiger partial charge < -0.3 is 10.1 Å². The standard InChI is InChI=1S/C11H16F3NOS/c1-7-4-8(2)17-10(7)9(15-3)5-16-6-11(12,13)14/h4,9,15H,5-6H2,1-3H3. The second-order valence-corrected chi connectivity index (χ2v) is 5.16. The quantitative estimate of drug-likeness (QED) is 0.884. The third-order valence-electron chi connectivity index (χ3n) is 2.29. The fourth-order valence-electron chi connectivity index (χ4n) is 1.59. The van der Waals surface area contributed by atoms with Crippen LogP contribution < -0.4 is 5.32 Å². The Bertz CT molecular complexity index is 362. The molecule has 17 heavy (non-hydrogen) atoms. The summed E-state index contributed by atoms with van der Waals surface area (Å²) in [6, 6.07) is 1.84. The first kappa shape index (κ1) is 14.5. The summed E-state index contributed by atoms with van der Waals surface area (Å²) in [6.07, 6.45) is -4.27. The summed E-state index contributed by atoms with van der Waals surface area (Å²) in [5, 5.41) is 2.98. The van der Waals surface area contributed by atoms with Crippen molar-refractivity contribution in [2.45, 2.75) is 26.1 Å². The van der Waals surface area contributed by atoms with Gasteiger partial charge in [0.1, 0.15) is 6.61 Å². The maximum Gasteiger partial charge on any atom is 0.411 e. The third kappa shape index (κ3) is 4.65. The van der Waals surface area contributed by atoms with Crippen molar-refractivity contribution in [2.24, 2.45) is 0 Å². The fraction of sp³-hybridized carbons (Fsp3) is 0.636. The summed E-state index contributed by atoms with van der Waals surface area (Å²) >= 11 is 1.58. The Balaban J connectivity index is 2.57. The molecule has 2 nitrogen and oxygen atoms in total. The third-order valence-corrected chi connectivity index (χ3v) is 3.56. The highest BCUT2D eigenvalue weighted by atomic mass is 32.1. The van der Waals surface area contributed by atoms with Crippen molar-refractivity contribution in [2.75, 3.05) is 20.3 Å². The van der Waals surface area contributed by atoms with Crippen LogP contribution in [0.4, 0.5) is 13.2 Å². The van der Waals surface area contributed by atoms with Crippen molar-refractivity contribution in [3.63, 3.8) is 0 Å². The van der Waals surface area contributed by atoms with Gasteiger partial charge in [0.05, 0.1) is 12.6 Å². The van der Waals surface area contributed by atoms with E-state index in [4.69, 9.17) is 0 Å². The Kier molecular flexibility index (Phi) is 4.97. The normalized spacial score (nSPS) is 14.0. The Morgan fingerprint density at radius 1 is 1.41 bits per heavy atom. The van der Waals surface area contributed by atoms with E-state index in [1.165, 1.54) is 0 Å². The lowest BCUT2D eigenvalue weighted by molar-refractivity contribution is -0.175. The molecule has 1 unspecified atom stereocenters. The number of thiophene rings is 1. The van der Waals surface area contributed by atoms with Gasteiger partial charge in [-0.2, -0.15) is 13.2 Å². The van der Waals surface area contributed by atoms with E-state index in [0.717, 1.165) is 15.3 Å². The van der Waals surface area contributed by atoms with Gasteiger partial charge in [0, 0.05) is 9.75 Å². The smallest absolute Gasteiger partial charge is 0.370 e. The monoisotopic (exact) mass is 267 g/mol. The first-order valence-electron chi connectivity index (χ1n) is 5.22. The van der Waals surface area contributed by atoms with E-state index in [9.17, 15) is 13.2 Å². The average Bonchev–Trinajstić information content (AvgIpc) is 2.51. The Hall–Kier alpha value is -0.590. The number of hydrogen-bond donors (Lipinski definition) is 1. The van der Waals surface area contributed by atoms with Crippen LogP contribution in [0.3, 0.4) is 0 Å². The highest BCUT2D eigenvalue weighted by Crippen LogP contribution is 2.28. The van der Waals surface area contributed by atoms with Gasteiger partial charge in [-0.25, -0.2) is 0 Å². The molecule has 0 aromatic carbocycles. The Morgan fingerprint density at radius 3 is 2.47 bits per heavy atom. The van der Waals surface area contributed by atoms with E-state index < -0.39 is 12.8 Å². The molecule has 0 amide bonds. The minimum absolute atomic E-state index is 0.0246. The van der Waals surface area contributed by atoms with Gasteiger partial charge >= 0.3 is 6.18 Å². The lowest BCUT2D eigenvalue weighted by Crippen LogP contribution is -2.25. The zero-order valence-corrected chi connectivity index (χ0v) is 10.8. The minimum Gasteiger partial charge on any atom is -0.370 e. The van der Waals surface area contributed by atoms with Gasteiger partial charge in [-0.1, -0.05) is 0 Å². The summed E-state index contributed by atoms with van der Waals surface area (Å²) in [6.45, 7) is 2.75. The topological polar surface area (TPSA) is 21.3 Å². The van der Waals surface area contributed by atoms with Crippen LogP contribution in [-0.2, 0) is 4.74 Å². The molecule has 0 aliphatic heterocycles. The molecule has 1 N–H and O–H groups in total. The van der Waals surface area contributed by atoms with Crippen LogP contribution in [0.5, 0.6) is 0 Å². The predicted molar refractivity (Wildman–Crippen MR) is 62.5 cm³/mol. The van der Waals surface area contributed by atoms with Gasteiger partial charge in [0.25, 0.3) is 0 Å². The molecule has 0 aliphatic carbocycles. The van der Waals surface area contributed by atoms with E-state index in [1.54, 1.807) is 18.4 Å². The van der Waals surface area contributed by atoms with Gasteiger partial charge in [-0.05, 0) is 32.5 Å². The molecule has 0 radical (unpaired) electrons. The van der Waals surface area contributed by atoms with Crippen molar-refractivity contribution in [1.29, 1.82) is 0 Å². The number of nitrogens with one attached hydrogen (secondary N) is 1. The molecular formula is C11H16F3NOS. The Labute approximate surface area is 103 Å². The lowest BCUT2D eigenvalue weighted by atomic mass is 10.2. The maximum atomic E-state index is 12.0. The van der Waals surface area contributed by atoms with Gasteiger partial charge in [-0.3, -0.25) is 0 Å². The first-order chi connectivity index (χ1) is 7.83. The molecule has 1 atom stereocenters. The summed E-state index contributed by atoms with van der Waals surface area (Å²) in [7, 11) is 1.72. The molecule has 1 aromatic heterocycles. The van der Waals surface area contributed by atoms with Crippen LogP contribution in [0.1, 0.15) is 21.4 Å². The molecule has 0 saturated carbocycles. The number of ether oxygens (including phenoxy) is 1. The number of halogens is 3. The summed E-state index contributed by atoms with van der Waals surface area (Å²) in [4.78, 5) is 2.18. The van der Waals surface area contributed by atoms with Crippen LogP contribution in [0.25, 0.3) is 0 Å². The summed E-state index contributed by atoms with van der Waals surface area (Å²) in [5.41, 5.74) is 1.09. The molecule has 6 heteroatoms. The molecule has 1 rings (SSSR count). The molecule has 0 aliphatic rings. The zero-order valence-electron chi connectivity index (χ0n) is 10.0. The van der Waals surface area contributed by atoms with E-state index in [1.807, 2.05) is 19.9 Å². The lowest BCUT2D eigenvalue weighted by Gasteiger charge is -2.16. The van der Waals surface area contributed by atoms with Crippen LogP contribution in [0.15, 0.2) is 6.07 Å². The van der Waals surface area contributed by atoms with Crippen molar-refractivity contribution in [1.82, 2.24) is 5.32 Å². The SMILES string of the molecule is CNC(COCC(F)(F)F)c1sc(C)cc1C. The summed E-state index contributed by atoms with van der Waals surface area (Å²) < 4.78 is 40.5. The largest absolute Gasteiger partial charge is 0.411 e. The van der Waals surface area contributed by atoms with Crippen molar-refractivity contribution < 1.29 is 17.9 Å².